The molecule has 0 aliphatic rings. The standard InChI is InChI=1S/C24H24FN5O2/c1-29-13-11-27-24(29)23-20(17-7-9-19(25)10-8-17)16-28-30(23)14-12-26-22(31)15-18-5-3-4-6-21(18)32-2/h3-11,13,16H,12,14-15H2,1-2H3,(H,26,31). The molecule has 0 spiro atoms. The van der Waals surface area contributed by atoms with Crippen LogP contribution in [0.3, 0.4) is 0 Å². The van der Waals surface area contributed by atoms with Gasteiger partial charge in [-0.3, -0.25) is 9.48 Å². The van der Waals surface area contributed by atoms with Gasteiger partial charge in [0.15, 0.2) is 5.82 Å². The SMILES string of the molecule is COc1ccccc1CC(=O)NCCn1ncc(-c2ccc(F)cc2)c1-c1nccn1C. The van der Waals surface area contributed by atoms with Gasteiger partial charge < -0.3 is 14.6 Å². The highest BCUT2D eigenvalue weighted by atomic mass is 19.1. The quantitative estimate of drug-likeness (QED) is 0.462. The number of para-hydroxylation sites is 1. The van der Waals surface area contributed by atoms with Crippen LogP contribution in [-0.2, 0) is 24.8 Å². The molecule has 0 bridgehead atoms. The van der Waals surface area contributed by atoms with E-state index in [0.717, 1.165) is 28.2 Å². The maximum Gasteiger partial charge on any atom is 0.224 e. The zero-order chi connectivity index (χ0) is 22.5. The number of benzene rings is 2. The van der Waals surface area contributed by atoms with E-state index in [1.54, 1.807) is 31.6 Å². The van der Waals surface area contributed by atoms with Crippen LogP contribution >= 0.6 is 0 Å². The predicted molar refractivity (Wildman–Crippen MR) is 120 cm³/mol. The summed E-state index contributed by atoms with van der Waals surface area (Å²) in [6.45, 7) is 0.858. The second-order valence-corrected chi connectivity index (χ2v) is 7.34. The average molecular weight is 433 g/mol. The van der Waals surface area contributed by atoms with Crippen molar-refractivity contribution in [2.24, 2.45) is 7.05 Å². The minimum Gasteiger partial charge on any atom is -0.496 e. The number of aryl methyl sites for hydroxylation is 1. The van der Waals surface area contributed by atoms with Crippen LogP contribution in [0.25, 0.3) is 22.6 Å². The Hall–Kier alpha value is -3.94. The van der Waals surface area contributed by atoms with Crippen LogP contribution in [0.5, 0.6) is 5.75 Å². The molecule has 0 saturated heterocycles. The third kappa shape index (κ3) is 4.54. The number of methoxy groups -OCH3 is 1. The number of imidazole rings is 1. The van der Waals surface area contributed by atoms with Crippen LogP contribution in [-0.4, -0.2) is 38.9 Å². The van der Waals surface area contributed by atoms with E-state index in [0.29, 0.717) is 18.8 Å². The van der Waals surface area contributed by atoms with Gasteiger partial charge in [0.1, 0.15) is 17.3 Å². The van der Waals surface area contributed by atoms with Crippen LogP contribution < -0.4 is 10.1 Å². The fourth-order valence-electron chi connectivity index (χ4n) is 3.61. The van der Waals surface area contributed by atoms with Gasteiger partial charge in [0.2, 0.25) is 5.91 Å². The number of halogens is 1. The highest BCUT2D eigenvalue weighted by Crippen LogP contribution is 2.31. The Kier molecular flexibility index (Phi) is 6.30. The molecule has 0 atom stereocenters. The molecule has 164 valence electrons. The Bertz CT molecular complexity index is 1210. The van der Waals surface area contributed by atoms with Gasteiger partial charge in [0.05, 0.1) is 26.3 Å². The van der Waals surface area contributed by atoms with E-state index in [2.05, 4.69) is 15.4 Å². The monoisotopic (exact) mass is 433 g/mol. The lowest BCUT2D eigenvalue weighted by atomic mass is 10.1. The molecule has 4 rings (SSSR count). The molecule has 32 heavy (non-hydrogen) atoms. The predicted octanol–water partition coefficient (Wildman–Crippen LogP) is 3.46. The molecule has 1 amide bonds. The van der Waals surface area contributed by atoms with E-state index in [1.807, 2.05) is 46.8 Å². The first kappa shape index (κ1) is 21.3. The van der Waals surface area contributed by atoms with Gasteiger partial charge in [-0.05, 0) is 23.8 Å². The maximum atomic E-state index is 13.4. The molecule has 7 nitrogen and oxygen atoms in total. The summed E-state index contributed by atoms with van der Waals surface area (Å²) in [4.78, 5) is 16.9. The lowest BCUT2D eigenvalue weighted by Crippen LogP contribution is -2.29. The van der Waals surface area contributed by atoms with Gasteiger partial charge >= 0.3 is 0 Å². The van der Waals surface area contributed by atoms with Gasteiger partial charge in [0, 0.05) is 37.1 Å². The fourth-order valence-corrected chi connectivity index (χ4v) is 3.61. The Morgan fingerprint density at radius 1 is 1.16 bits per heavy atom. The molecule has 0 aliphatic carbocycles. The van der Waals surface area contributed by atoms with Crippen molar-refractivity contribution in [3.05, 3.63) is 78.5 Å². The Balaban J connectivity index is 1.51. The van der Waals surface area contributed by atoms with Crippen molar-refractivity contribution in [3.8, 4) is 28.4 Å². The van der Waals surface area contributed by atoms with E-state index in [9.17, 15) is 9.18 Å². The number of nitrogens with zero attached hydrogens (tertiary/aromatic N) is 4. The van der Waals surface area contributed by atoms with Gasteiger partial charge in [-0.1, -0.05) is 30.3 Å². The zero-order valence-corrected chi connectivity index (χ0v) is 18.0. The number of nitrogens with one attached hydrogen (secondary N) is 1. The van der Waals surface area contributed by atoms with Crippen LogP contribution in [0.15, 0.2) is 67.1 Å². The third-order valence-corrected chi connectivity index (χ3v) is 5.22. The number of carbonyl (C=O) groups is 1. The minimum atomic E-state index is -0.294. The zero-order valence-electron chi connectivity index (χ0n) is 18.0. The average Bonchev–Trinajstić information content (AvgIpc) is 3.40. The number of hydrogen-bond donors (Lipinski definition) is 1. The van der Waals surface area contributed by atoms with Crippen molar-refractivity contribution in [2.45, 2.75) is 13.0 Å². The number of aromatic nitrogens is 4. The first-order chi connectivity index (χ1) is 15.6. The van der Waals surface area contributed by atoms with E-state index in [1.165, 1.54) is 12.1 Å². The number of ether oxygens (including phenoxy) is 1. The summed E-state index contributed by atoms with van der Waals surface area (Å²) >= 11 is 0. The first-order valence-electron chi connectivity index (χ1n) is 10.2. The van der Waals surface area contributed by atoms with Crippen LogP contribution in [0.2, 0.25) is 0 Å². The largest absolute Gasteiger partial charge is 0.496 e. The molecule has 0 aliphatic heterocycles. The fraction of sp³-hybridized carbons (Fsp3) is 0.208. The topological polar surface area (TPSA) is 74.0 Å². The van der Waals surface area contributed by atoms with Crippen molar-refractivity contribution in [1.82, 2.24) is 24.6 Å². The van der Waals surface area contributed by atoms with Crippen molar-refractivity contribution < 1.29 is 13.9 Å². The first-order valence-corrected chi connectivity index (χ1v) is 10.2. The normalized spacial score (nSPS) is 10.8. The van der Waals surface area contributed by atoms with E-state index in [4.69, 9.17) is 4.74 Å². The van der Waals surface area contributed by atoms with E-state index < -0.39 is 0 Å². The summed E-state index contributed by atoms with van der Waals surface area (Å²) in [5, 5.41) is 7.46. The van der Waals surface area contributed by atoms with Crippen molar-refractivity contribution in [3.63, 3.8) is 0 Å². The Morgan fingerprint density at radius 3 is 2.66 bits per heavy atom. The van der Waals surface area contributed by atoms with Gasteiger partial charge in [-0.2, -0.15) is 5.10 Å². The molecule has 2 aromatic carbocycles. The summed E-state index contributed by atoms with van der Waals surface area (Å²) < 4.78 is 22.4. The lowest BCUT2D eigenvalue weighted by molar-refractivity contribution is -0.120. The molecule has 1 N–H and O–H groups in total. The Morgan fingerprint density at radius 2 is 1.94 bits per heavy atom. The van der Waals surface area contributed by atoms with Crippen molar-refractivity contribution in [2.75, 3.05) is 13.7 Å². The number of carbonyl (C=O) groups excluding carboxylic acids is 1. The molecule has 0 saturated carbocycles. The molecule has 4 aromatic rings. The minimum absolute atomic E-state index is 0.0982. The second-order valence-electron chi connectivity index (χ2n) is 7.34. The third-order valence-electron chi connectivity index (χ3n) is 5.22. The van der Waals surface area contributed by atoms with E-state index in [-0.39, 0.29) is 18.1 Å². The van der Waals surface area contributed by atoms with E-state index >= 15 is 0 Å². The maximum absolute atomic E-state index is 13.4. The molecule has 0 radical (unpaired) electrons. The molecule has 0 unspecified atom stereocenters. The molecule has 0 fully saturated rings. The van der Waals surface area contributed by atoms with Gasteiger partial charge in [-0.25, -0.2) is 9.37 Å². The highest BCUT2D eigenvalue weighted by Gasteiger charge is 2.18. The number of amides is 1. The van der Waals surface area contributed by atoms with Crippen LogP contribution in [0.4, 0.5) is 4.39 Å². The number of hydrogen-bond acceptors (Lipinski definition) is 4. The molecular formula is C24H24FN5O2. The summed E-state index contributed by atoms with van der Waals surface area (Å²) in [6, 6.07) is 13.7. The summed E-state index contributed by atoms with van der Waals surface area (Å²) in [5.41, 5.74) is 3.33. The van der Waals surface area contributed by atoms with Crippen molar-refractivity contribution in [1.29, 1.82) is 0 Å². The van der Waals surface area contributed by atoms with Gasteiger partial charge in [-0.15, -0.1) is 0 Å². The Labute approximate surface area is 185 Å². The van der Waals surface area contributed by atoms with Crippen molar-refractivity contribution >= 4 is 5.91 Å². The molecular weight excluding hydrogens is 409 g/mol. The molecule has 8 heteroatoms. The number of rotatable bonds is 8. The summed E-state index contributed by atoms with van der Waals surface area (Å²) in [5.74, 6) is 1.04. The lowest BCUT2D eigenvalue weighted by Gasteiger charge is -2.12. The smallest absolute Gasteiger partial charge is 0.224 e. The van der Waals surface area contributed by atoms with Crippen LogP contribution in [0, 0.1) is 5.82 Å². The second kappa shape index (κ2) is 9.47. The molecule has 2 aromatic heterocycles. The van der Waals surface area contributed by atoms with Crippen LogP contribution in [0.1, 0.15) is 5.56 Å². The molecule has 2 heterocycles. The highest BCUT2D eigenvalue weighted by molar-refractivity contribution is 5.79. The summed E-state index contributed by atoms with van der Waals surface area (Å²) in [6.07, 6.45) is 5.55. The van der Waals surface area contributed by atoms with Gasteiger partial charge in [0.25, 0.3) is 0 Å². The summed E-state index contributed by atoms with van der Waals surface area (Å²) in [7, 11) is 3.50.